The van der Waals surface area contributed by atoms with Gasteiger partial charge in [0.2, 0.25) is 0 Å². The zero-order valence-corrected chi connectivity index (χ0v) is 17.2. The van der Waals surface area contributed by atoms with E-state index in [0.29, 0.717) is 41.1 Å². The van der Waals surface area contributed by atoms with Gasteiger partial charge in [-0.1, -0.05) is 18.2 Å². The zero-order valence-electron chi connectivity index (χ0n) is 17.2. The molecule has 162 valence electrons. The van der Waals surface area contributed by atoms with E-state index in [2.05, 4.69) is 25.5 Å². The number of aromatic nitrogens is 6. The number of carbonyl (C=O) groups is 1. The first-order chi connectivity index (χ1) is 15.7. The van der Waals surface area contributed by atoms with Crippen molar-refractivity contribution in [2.75, 3.05) is 13.2 Å². The van der Waals surface area contributed by atoms with Gasteiger partial charge in [-0.15, -0.1) is 5.10 Å². The summed E-state index contributed by atoms with van der Waals surface area (Å²) in [5.74, 6) is 0.239. The summed E-state index contributed by atoms with van der Waals surface area (Å²) in [5.41, 5.74) is 1.53. The second-order valence-corrected chi connectivity index (χ2v) is 7.66. The minimum atomic E-state index is -0.226. The molecule has 10 nitrogen and oxygen atoms in total. The Labute approximate surface area is 182 Å². The third kappa shape index (κ3) is 4.12. The van der Waals surface area contributed by atoms with Gasteiger partial charge in [0.25, 0.3) is 11.5 Å². The third-order valence-corrected chi connectivity index (χ3v) is 5.44. The highest BCUT2D eigenvalue weighted by molar-refractivity contribution is 5.94. The van der Waals surface area contributed by atoms with Crippen LogP contribution in [0.1, 0.15) is 29.0 Å². The van der Waals surface area contributed by atoms with Crippen LogP contribution in [-0.4, -0.2) is 60.2 Å². The molecule has 32 heavy (non-hydrogen) atoms. The molecule has 1 unspecified atom stereocenters. The molecule has 1 aliphatic heterocycles. The number of carbonyl (C=O) groups excluding carboxylic acids is 1. The molecule has 1 saturated heterocycles. The van der Waals surface area contributed by atoms with Gasteiger partial charge in [-0.25, -0.2) is 9.67 Å². The predicted octanol–water partition coefficient (Wildman–Crippen LogP) is 1.72. The summed E-state index contributed by atoms with van der Waals surface area (Å²) in [6.07, 6.45) is 3.27. The van der Waals surface area contributed by atoms with Crippen molar-refractivity contribution in [2.45, 2.75) is 25.5 Å². The van der Waals surface area contributed by atoms with Crippen LogP contribution in [0.15, 0.2) is 59.7 Å². The monoisotopic (exact) mass is 431 g/mol. The van der Waals surface area contributed by atoms with Crippen LogP contribution in [-0.2, 0) is 11.3 Å². The van der Waals surface area contributed by atoms with Gasteiger partial charge in [-0.05, 0) is 53.6 Å². The maximum atomic E-state index is 13.5. The number of nitrogens with zero attached hydrogens (tertiary/aromatic N) is 6. The first-order valence-corrected chi connectivity index (χ1v) is 10.4. The van der Waals surface area contributed by atoms with Crippen molar-refractivity contribution in [1.29, 1.82) is 0 Å². The molecule has 4 aromatic rings. The van der Waals surface area contributed by atoms with Crippen molar-refractivity contribution in [2.24, 2.45) is 0 Å². The largest absolute Gasteiger partial charge is 0.376 e. The van der Waals surface area contributed by atoms with E-state index in [1.165, 1.54) is 11.0 Å². The topological polar surface area (TPSA) is 119 Å². The molecule has 10 heteroatoms. The van der Waals surface area contributed by atoms with Crippen LogP contribution in [0.4, 0.5) is 0 Å². The number of rotatable bonds is 6. The molecule has 1 fully saturated rings. The Balaban J connectivity index is 1.46. The zero-order chi connectivity index (χ0) is 21.9. The van der Waals surface area contributed by atoms with E-state index in [-0.39, 0.29) is 24.1 Å². The van der Waals surface area contributed by atoms with Crippen LogP contribution in [0.2, 0.25) is 0 Å². The second-order valence-electron chi connectivity index (χ2n) is 7.66. The molecule has 0 aliphatic carbocycles. The van der Waals surface area contributed by atoms with Crippen LogP contribution >= 0.6 is 0 Å². The highest BCUT2D eigenvalue weighted by Gasteiger charge is 2.25. The van der Waals surface area contributed by atoms with E-state index in [0.717, 1.165) is 12.8 Å². The second kappa shape index (κ2) is 8.67. The molecule has 1 atom stereocenters. The summed E-state index contributed by atoms with van der Waals surface area (Å²) in [7, 11) is 0. The summed E-state index contributed by atoms with van der Waals surface area (Å²) >= 11 is 0. The smallest absolute Gasteiger partial charge is 0.258 e. The molecule has 2 aromatic carbocycles. The summed E-state index contributed by atoms with van der Waals surface area (Å²) < 4.78 is 7.26. The molecule has 0 radical (unpaired) electrons. The first kappa shape index (κ1) is 20.0. The predicted molar refractivity (Wildman–Crippen MR) is 115 cm³/mol. The molecule has 0 spiro atoms. The lowest BCUT2D eigenvalue weighted by Crippen LogP contribution is -2.38. The Morgan fingerprint density at radius 3 is 2.94 bits per heavy atom. The maximum absolute atomic E-state index is 13.5. The van der Waals surface area contributed by atoms with Crippen LogP contribution in [0.3, 0.4) is 0 Å². The van der Waals surface area contributed by atoms with E-state index in [1.54, 1.807) is 41.3 Å². The number of aromatic amines is 1. The van der Waals surface area contributed by atoms with Gasteiger partial charge < -0.3 is 14.6 Å². The summed E-state index contributed by atoms with van der Waals surface area (Å²) in [6.45, 7) is 1.25. The average Bonchev–Trinajstić information content (AvgIpc) is 3.53. The van der Waals surface area contributed by atoms with E-state index < -0.39 is 0 Å². The fraction of sp³-hybridized carbons (Fsp3) is 0.273. The number of para-hydroxylation sites is 1. The summed E-state index contributed by atoms with van der Waals surface area (Å²) in [6, 6.07) is 14.2. The number of tetrazole rings is 1. The van der Waals surface area contributed by atoms with Gasteiger partial charge in [0, 0.05) is 18.7 Å². The van der Waals surface area contributed by atoms with Crippen molar-refractivity contribution < 1.29 is 9.53 Å². The van der Waals surface area contributed by atoms with Crippen molar-refractivity contribution in [1.82, 2.24) is 35.1 Å². The van der Waals surface area contributed by atoms with Crippen LogP contribution in [0.5, 0.6) is 0 Å². The van der Waals surface area contributed by atoms with Crippen molar-refractivity contribution in [3.63, 3.8) is 0 Å². The molecule has 1 aliphatic rings. The summed E-state index contributed by atoms with van der Waals surface area (Å²) in [5, 5.41) is 11.7. The Kier molecular flexibility index (Phi) is 5.42. The molecule has 0 saturated carbocycles. The number of H-pyrrole nitrogens is 1. The number of ether oxygens (including phenoxy) is 1. The lowest BCUT2D eigenvalue weighted by Gasteiger charge is -2.25. The van der Waals surface area contributed by atoms with Crippen LogP contribution in [0, 0.1) is 0 Å². The number of nitrogens with one attached hydrogen (secondary N) is 1. The molecule has 5 rings (SSSR count). The highest BCUT2D eigenvalue weighted by Crippen LogP contribution is 2.18. The normalized spacial score (nSPS) is 15.8. The minimum Gasteiger partial charge on any atom is -0.376 e. The van der Waals surface area contributed by atoms with Gasteiger partial charge in [-0.3, -0.25) is 9.59 Å². The number of amides is 1. The first-order valence-electron chi connectivity index (χ1n) is 10.4. The van der Waals surface area contributed by atoms with Gasteiger partial charge >= 0.3 is 0 Å². The van der Waals surface area contributed by atoms with Crippen molar-refractivity contribution in [3.8, 4) is 5.69 Å². The average molecular weight is 431 g/mol. The highest BCUT2D eigenvalue weighted by atomic mass is 16.5. The van der Waals surface area contributed by atoms with E-state index in [9.17, 15) is 9.59 Å². The molecule has 0 bridgehead atoms. The van der Waals surface area contributed by atoms with Crippen LogP contribution < -0.4 is 5.56 Å². The molecule has 2 aromatic heterocycles. The number of fused-ring (bicyclic) bond motifs is 1. The molecule has 1 N–H and O–H groups in total. The molecule has 3 heterocycles. The van der Waals surface area contributed by atoms with Crippen molar-refractivity contribution in [3.05, 3.63) is 76.6 Å². The van der Waals surface area contributed by atoms with Crippen LogP contribution in [0.25, 0.3) is 16.6 Å². The van der Waals surface area contributed by atoms with E-state index in [4.69, 9.17) is 4.74 Å². The SMILES string of the molecule is O=C(c1cccc(-n2cnnn2)c1)N(Cc1nc2ccccc2c(=O)[nH]1)CC1CCCO1. The van der Waals surface area contributed by atoms with E-state index >= 15 is 0 Å². The number of benzene rings is 2. The standard InChI is InChI=1S/C22H21N7O3/c30-21-18-8-1-2-9-19(18)24-20(25-21)13-28(12-17-7-4-10-32-17)22(31)15-5-3-6-16(11-15)29-14-23-26-27-29/h1-3,5-6,8-9,11,14,17H,4,7,10,12-13H2,(H,24,25,30). The van der Waals surface area contributed by atoms with Gasteiger partial charge in [0.1, 0.15) is 12.2 Å². The fourth-order valence-electron chi connectivity index (χ4n) is 3.89. The maximum Gasteiger partial charge on any atom is 0.258 e. The van der Waals surface area contributed by atoms with Gasteiger partial charge in [0.05, 0.1) is 29.2 Å². The van der Waals surface area contributed by atoms with Crippen molar-refractivity contribution >= 4 is 16.8 Å². The Morgan fingerprint density at radius 2 is 2.12 bits per heavy atom. The minimum absolute atomic E-state index is 0.0474. The Bertz CT molecular complexity index is 1300. The number of hydrogen-bond donors (Lipinski definition) is 1. The third-order valence-electron chi connectivity index (χ3n) is 5.44. The summed E-state index contributed by atoms with van der Waals surface area (Å²) in [4.78, 5) is 35.0. The lowest BCUT2D eigenvalue weighted by molar-refractivity contribution is 0.0501. The molecule has 1 amide bonds. The molecular formula is C22H21N7O3. The van der Waals surface area contributed by atoms with E-state index in [1.807, 2.05) is 12.1 Å². The Morgan fingerprint density at radius 1 is 1.22 bits per heavy atom. The quantitative estimate of drug-likeness (QED) is 0.494. The fourth-order valence-corrected chi connectivity index (χ4v) is 3.89. The lowest BCUT2D eigenvalue weighted by atomic mass is 10.1. The molecular weight excluding hydrogens is 410 g/mol. The van der Waals surface area contributed by atoms with Gasteiger partial charge in [0.15, 0.2) is 0 Å². The Hall–Kier alpha value is -3.92. The number of hydrogen-bond acceptors (Lipinski definition) is 7. The van der Waals surface area contributed by atoms with Gasteiger partial charge in [-0.2, -0.15) is 0 Å².